The van der Waals surface area contributed by atoms with Gasteiger partial charge in [-0.3, -0.25) is 4.79 Å². The third-order valence-corrected chi connectivity index (χ3v) is 1.11. The number of hydrogen-bond donors (Lipinski definition) is 1. The fourth-order valence-corrected chi connectivity index (χ4v) is 0.597. The molecule has 12 heavy (non-hydrogen) atoms. The molecule has 0 aliphatic rings. The molecule has 1 unspecified atom stereocenters. The van der Waals surface area contributed by atoms with Crippen molar-refractivity contribution < 1.29 is 28.4 Å². The maximum absolute atomic E-state index is 10.5. The molecule has 1 atom stereocenters. The molecule has 0 rings (SSSR count). The monoisotopic (exact) mass is 191 g/mol. The number of hydrogen-bond acceptors (Lipinski definition) is 4. The van der Waals surface area contributed by atoms with E-state index in [-0.39, 0.29) is 0 Å². The summed E-state index contributed by atoms with van der Waals surface area (Å²) in [7, 11) is -3.15. The Morgan fingerprint density at radius 1 is 1.58 bits per heavy atom. The molecule has 0 saturated heterocycles. The summed E-state index contributed by atoms with van der Waals surface area (Å²) in [6.45, 7) is 0.945. The van der Waals surface area contributed by atoms with Crippen LogP contribution in [0.5, 0.6) is 0 Å². The first-order valence-electron chi connectivity index (χ1n) is 2.60. The molecule has 0 saturated carbocycles. The van der Waals surface area contributed by atoms with Crippen molar-refractivity contribution in [2.24, 2.45) is 0 Å². The van der Waals surface area contributed by atoms with Crippen molar-refractivity contribution in [3.8, 4) is 0 Å². The molecule has 0 amide bonds. The highest BCUT2D eigenvalue weighted by atomic mass is 31.1. The Kier molecular flexibility index (Phi) is 3.93. The first kappa shape index (κ1) is 10.6. The number of carbonyl (C=O) groups excluding carboxylic acids is 2. The van der Waals surface area contributed by atoms with Gasteiger partial charge in [0.1, 0.15) is 0 Å². The van der Waals surface area contributed by atoms with Crippen molar-refractivity contribution in [1.82, 2.24) is 0 Å². The van der Waals surface area contributed by atoms with Crippen molar-refractivity contribution in [3.63, 3.8) is 0 Å². The Balaban J connectivity index is 4.57. The zero-order valence-corrected chi connectivity index (χ0v) is 6.82. The second-order valence-electron chi connectivity index (χ2n) is 1.62. The van der Waals surface area contributed by atoms with E-state index in [1.54, 1.807) is 0 Å². The second-order valence-corrected chi connectivity index (χ2v) is 2.28. The lowest BCUT2D eigenvalue weighted by atomic mass is 10.3. The van der Waals surface area contributed by atoms with E-state index < -0.39 is 25.7 Å². The number of Topliss-reactive ketones (excluding diaryl/α,β-unsaturated/α-hetero) is 1. The van der Waals surface area contributed by atoms with Crippen LogP contribution in [0.2, 0.25) is 0 Å². The highest BCUT2D eigenvalue weighted by molar-refractivity contribution is 7.33. The Morgan fingerprint density at radius 2 is 2.08 bits per heavy atom. The Bertz CT molecular complexity index is 292. The lowest BCUT2D eigenvalue weighted by molar-refractivity contribution is -0.134. The lowest BCUT2D eigenvalue weighted by Gasteiger charge is -1.80. The summed E-state index contributed by atoms with van der Waals surface area (Å²) in [5.74, 6) is -2.30. The van der Waals surface area contributed by atoms with E-state index >= 15 is 0 Å². The largest absolute Gasteiger partial charge is 0.751 e. The van der Waals surface area contributed by atoms with Crippen molar-refractivity contribution >= 4 is 25.7 Å². The van der Waals surface area contributed by atoms with Gasteiger partial charge in [-0.05, 0) is 0 Å². The molecular formula is C4H4N2O5P+. The maximum Gasteiger partial charge on any atom is 0.751 e. The molecule has 1 N–H and O–H groups in total. The summed E-state index contributed by atoms with van der Waals surface area (Å²) < 4.78 is 13.6. The van der Waals surface area contributed by atoms with Crippen LogP contribution in [0.15, 0.2) is 0 Å². The third kappa shape index (κ3) is 3.12. The van der Waals surface area contributed by atoms with E-state index in [1.807, 2.05) is 0 Å². The molecular weight excluding hydrogens is 187 g/mol. The summed E-state index contributed by atoms with van der Waals surface area (Å²) in [5.41, 5.74) is 7.15. The zero-order chi connectivity index (χ0) is 9.72. The highest BCUT2D eigenvalue weighted by Crippen LogP contribution is 2.14. The summed E-state index contributed by atoms with van der Waals surface area (Å²) in [6.07, 6.45) is 0. The van der Waals surface area contributed by atoms with Crippen LogP contribution in [-0.2, 0) is 18.7 Å². The molecule has 0 aliphatic carbocycles. The average Bonchev–Trinajstić information content (AvgIpc) is 1.85. The van der Waals surface area contributed by atoms with Crippen LogP contribution in [0.25, 0.3) is 5.53 Å². The number of ketones is 1. The van der Waals surface area contributed by atoms with Crippen molar-refractivity contribution in [1.29, 1.82) is 0 Å². The fourth-order valence-electron chi connectivity index (χ4n) is 0.369. The first-order chi connectivity index (χ1) is 5.49. The standard InChI is InChI=1S/C4H3N2O5P/c1-2(7)3(6-5)4(8)11-12(9)10/h1H3/p+1. The molecule has 0 bridgehead atoms. The van der Waals surface area contributed by atoms with Gasteiger partial charge in [-0.2, -0.15) is 9.31 Å². The zero-order valence-electron chi connectivity index (χ0n) is 5.92. The van der Waals surface area contributed by atoms with Gasteiger partial charge < -0.3 is 5.53 Å². The Labute approximate surface area is 67.5 Å². The molecule has 0 aromatic carbocycles. The molecule has 64 valence electrons. The van der Waals surface area contributed by atoms with E-state index in [9.17, 15) is 14.2 Å². The summed E-state index contributed by atoms with van der Waals surface area (Å²) in [5, 5.41) is 0. The van der Waals surface area contributed by atoms with Crippen LogP contribution >= 0.6 is 8.25 Å². The molecule has 0 fully saturated rings. The Morgan fingerprint density at radius 3 is 2.33 bits per heavy atom. The van der Waals surface area contributed by atoms with Gasteiger partial charge in [-0.15, -0.1) is 4.89 Å². The van der Waals surface area contributed by atoms with Gasteiger partial charge in [-0.25, -0.2) is 4.79 Å². The van der Waals surface area contributed by atoms with Crippen LogP contribution in [0.1, 0.15) is 6.92 Å². The maximum atomic E-state index is 10.5. The van der Waals surface area contributed by atoms with Crippen LogP contribution in [-0.4, -0.2) is 27.1 Å². The van der Waals surface area contributed by atoms with Crippen molar-refractivity contribution in [2.45, 2.75) is 6.92 Å². The average molecular weight is 191 g/mol. The van der Waals surface area contributed by atoms with Crippen LogP contribution in [0, 0.1) is 0 Å². The molecule has 0 radical (unpaired) electrons. The molecule has 0 heterocycles. The first-order valence-corrected chi connectivity index (χ1v) is 3.73. The van der Waals surface area contributed by atoms with Gasteiger partial charge in [0.25, 0.3) is 0 Å². The minimum absolute atomic E-state index is 0.862. The number of carbonyl (C=O) groups is 2. The van der Waals surface area contributed by atoms with E-state index in [0.717, 1.165) is 6.92 Å². The normalized spacial score (nSPS) is 9.67. The van der Waals surface area contributed by atoms with Gasteiger partial charge in [0, 0.05) is 11.5 Å². The topological polar surface area (TPSA) is 117 Å². The summed E-state index contributed by atoms with van der Waals surface area (Å²) >= 11 is 0. The van der Waals surface area contributed by atoms with Gasteiger partial charge in [0.05, 0.1) is 0 Å². The minimum Gasteiger partial charge on any atom is -0.360 e. The third-order valence-electron chi connectivity index (χ3n) is 0.788. The minimum atomic E-state index is -3.15. The molecule has 0 aliphatic heterocycles. The van der Waals surface area contributed by atoms with E-state index in [1.165, 1.54) is 0 Å². The van der Waals surface area contributed by atoms with E-state index in [0.29, 0.717) is 0 Å². The number of rotatable bonds is 3. The van der Waals surface area contributed by atoms with E-state index in [4.69, 9.17) is 10.4 Å². The molecule has 0 aromatic rings. The highest BCUT2D eigenvalue weighted by Gasteiger charge is 2.35. The SMILES string of the molecule is CC(=O)C(=[N+]=[N-])C(=O)O[P+](=O)O. The van der Waals surface area contributed by atoms with Crippen molar-refractivity contribution in [2.75, 3.05) is 0 Å². The predicted molar refractivity (Wildman–Crippen MR) is 35.2 cm³/mol. The molecule has 0 aromatic heterocycles. The predicted octanol–water partition coefficient (Wildman–Crippen LogP) is -0.561. The smallest absolute Gasteiger partial charge is 0.360 e. The van der Waals surface area contributed by atoms with Crippen LogP contribution < -0.4 is 0 Å². The second kappa shape index (κ2) is 4.46. The van der Waals surface area contributed by atoms with Gasteiger partial charge in [-0.1, -0.05) is 0 Å². The lowest BCUT2D eigenvalue weighted by Crippen LogP contribution is -2.23. The van der Waals surface area contributed by atoms with Gasteiger partial charge >= 0.3 is 19.9 Å². The fraction of sp³-hybridized carbons (Fsp3) is 0.250. The van der Waals surface area contributed by atoms with E-state index in [2.05, 4.69) is 9.31 Å². The van der Waals surface area contributed by atoms with Crippen LogP contribution in [0.4, 0.5) is 0 Å². The molecule has 0 spiro atoms. The quantitative estimate of drug-likeness (QED) is 0.211. The number of nitrogens with zero attached hydrogens (tertiary/aromatic N) is 2. The van der Waals surface area contributed by atoms with Gasteiger partial charge in [0.15, 0.2) is 0 Å². The summed E-state index contributed by atoms with van der Waals surface area (Å²) in [6, 6.07) is 0. The molecule has 8 heteroatoms. The Hall–Kier alpha value is -1.42. The van der Waals surface area contributed by atoms with Crippen molar-refractivity contribution in [3.05, 3.63) is 5.53 Å². The van der Waals surface area contributed by atoms with Crippen LogP contribution in [0.3, 0.4) is 0 Å². The summed E-state index contributed by atoms with van der Waals surface area (Å²) in [4.78, 5) is 31.3. The van der Waals surface area contributed by atoms with Gasteiger partial charge in [0.2, 0.25) is 5.78 Å². The molecule has 7 nitrogen and oxygen atoms in total.